The molecule has 20 heavy (non-hydrogen) atoms. The van der Waals surface area contributed by atoms with Gasteiger partial charge in [-0.2, -0.15) is 0 Å². The van der Waals surface area contributed by atoms with E-state index in [-0.39, 0.29) is 11.0 Å². The lowest BCUT2D eigenvalue weighted by Gasteiger charge is -2.36. The summed E-state index contributed by atoms with van der Waals surface area (Å²) in [7, 11) is -0.514. The second-order valence-electron chi connectivity index (χ2n) is 6.31. The highest BCUT2D eigenvalue weighted by molar-refractivity contribution is 9.08. The van der Waals surface area contributed by atoms with E-state index in [1.165, 1.54) is 7.11 Å². The third kappa shape index (κ3) is 3.85. The number of methoxy groups -OCH3 is 1. The summed E-state index contributed by atoms with van der Waals surface area (Å²) in [5, 5.41) is 0.727. The predicted octanol–water partition coefficient (Wildman–Crippen LogP) is 4.75. The van der Waals surface area contributed by atoms with E-state index >= 15 is 0 Å². The summed E-state index contributed by atoms with van der Waals surface area (Å²) >= 11 is 3.38. The van der Waals surface area contributed by atoms with Crippen LogP contribution in [-0.2, 0) is 10.1 Å². The Labute approximate surface area is 130 Å². The Bertz CT molecular complexity index is 492. The first-order valence-electron chi connectivity index (χ1n) is 6.58. The normalized spacial score (nSPS) is 12.2. The lowest BCUT2D eigenvalue weighted by atomic mass is 10.1. The van der Waals surface area contributed by atoms with Crippen LogP contribution in [0.1, 0.15) is 36.7 Å². The minimum absolute atomic E-state index is 0.118. The molecule has 0 atom stereocenters. The smallest absolute Gasteiger partial charge is 0.338 e. The van der Waals surface area contributed by atoms with Gasteiger partial charge < -0.3 is 9.16 Å². The molecule has 0 spiro atoms. The van der Waals surface area contributed by atoms with Crippen LogP contribution < -0.4 is 4.43 Å². The summed E-state index contributed by atoms with van der Waals surface area (Å²) in [4.78, 5) is 11.8. The van der Waals surface area contributed by atoms with Crippen molar-refractivity contribution in [2.75, 3.05) is 7.11 Å². The first-order chi connectivity index (χ1) is 9.12. The molecule has 0 heterocycles. The number of alkyl halides is 1. The number of rotatable bonds is 4. The maximum Gasteiger partial charge on any atom is 0.338 e. The monoisotopic (exact) mass is 358 g/mol. The molecule has 0 aromatic heterocycles. The molecule has 0 unspecified atom stereocenters. The lowest BCUT2D eigenvalue weighted by molar-refractivity contribution is 0.0599. The Morgan fingerprint density at radius 2 is 1.90 bits per heavy atom. The van der Waals surface area contributed by atoms with E-state index in [0.29, 0.717) is 10.9 Å². The number of esters is 1. The zero-order chi connectivity index (χ0) is 15.6. The van der Waals surface area contributed by atoms with Gasteiger partial charge in [0.25, 0.3) is 0 Å². The third-order valence-electron chi connectivity index (χ3n) is 3.81. The van der Waals surface area contributed by atoms with Crippen LogP contribution in [0, 0.1) is 0 Å². The van der Waals surface area contributed by atoms with Crippen LogP contribution in [0.5, 0.6) is 5.75 Å². The van der Waals surface area contributed by atoms with Gasteiger partial charge >= 0.3 is 5.97 Å². The zero-order valence-corrected chi connectivity index (χ0v) is 15.6. The minimum atomic E-state index is -1.91. The van der Waals surface area contributed by atoms with Crippen LogP contribution in [0.4, 0.5) is 0 Å². The molecule has 0 saturated carbocycles. The average molecular weight is 359 g/mol. The van der Waals surface area contributed by atoms with E-state index in [1.807, 2.05) is 12.1 Å². The van der Waals surface area contributed by atoms with Gasteiger partial charge in [0.15, 0.2) is 0 Å². The van der Waals surface area contributed by atoms with Crippen molar-refractivity contribution in [3.63, 3.8) is 0 Å². The van der Waals surface area contributed by atoms with Gasteiger partial charge in [-0.1, -0.05) is 42.8 Å². The fraction of sp³-hybridized carbons (Fsp3) is 0.533. The van der Waals surface area contributed by atoms with Gasteiger partial charge in [0.2, 0.25) is 8.32 Å². The first kappa shape index (κ1) is 17.2. The Morgan fingerprint density at radius 1 is 1.30 bits per heavy atom. The Kier molecular flexibility index (Phi) is 5.44. The van der Waals surface area contributed by atoms with Gasteiger partial charge in [0.05, 0.1) is 12.7 Å². The lowest BCUT2D eigenvalue weighted by Crippen LogP contribution is -2.43. The fourth-order valence-corrected chi connectivity index (χ4v) is 2.99. The molecule has 0 aliphatic carbocycles. The summed E-state index contributed by atoms with van der Waals surface area (Å²) in [6.07, 6.45) is 0. The quantitative estimate of drug-likeness (QED) is 0.442. The van der Waals surface area contributed by atoms with Gasteiger partial charge in [-0.3, -0.25) is 0 Å². The predicted molar refractivity (Wildman–Crippen MR) is 88.2 cm³/mol. The molecule has 0 bridgehead atoms. The van der Waals surface area contributed by atoms with Crippen molar-refractivity contribution in [3.8, 4) is 5.75 Å². The molecule has 0 amide bonds. The van der Waals surface area contributed by atoms with Crippen LogP contribution in [0.2, 0.25) is 18.1 Å². The van der Waals surface area contributed by atoms with Crippen molar-refractivity contribution in [2.24, 2.45) is 0 Å². The molecular formula is C15H23BrO3Si. The highest BCUT2D eigenvalue weighted by Gasteiger charge is 2.39. The van der Waals surface area contributed by atoms with Crippen molar-refractivity contribution in [1.82, 2.24) is 0 Å². The number of carbonyl (C=O) groups is 1. The number of hydrogen-bond donors (Lipinski definition) is 0. The number of ether oxygens (including phenoxy) is 1. The fourth-order valence-electron chi connectivity index (χ4n) is 1.48. The van der Waals surface area contributed by atoms with Crippen LogP contribution in [-0.4, -0.2) is 21.4 Å². The second kappa shape index (κ2) is 6.31. The number of hydrogen-bond acceptors (Lipinski definition) is 3. The summed E-state index contributed by atoms with van der Waals surface area (Å²) in [6.45, 7) is 10.9. The summed E-state index contributed by atoms with van der Waals surface area (Å²) in [5.41, 5.74) is 1.46. The van der Waals surface area contributed by atoms with Gasteiger partial charge in [-0.15, -0.1) is 0 Å². The third-order valence-corrected chi connectivity index (χ3v) is 8.77. The van der Waals surface area contributed by atoms with E-state index in [9.17, 15) is 4.79 Å². The van der Waals surface area contributed by atoms with Gasteiger partial charge in [-0.25, -0.2) is 4.79 Å². The Hall–Kier alpha value is -0.813. The van der Waals surface area contributed by atoms with E-state index in [2.05, 4.69) is 49.8 Å². The molecule has 0 N–H and O–H groups in total. The van der Waals surface area contributed by atoms with Crippen LogP contribution >= 0.6 is 15.9 Å². The highest BCUT2D eigenvalue weighted by atomic mass is 79.9. The Balaban J connectivity index is 3.13. The summed E-state index contributed by atoms with van der Waals surface area (Å²) in [6, 6.07) is 5.61. The average Bonchev–Trinajstić information content (AvgIpc) is 2.36. The van der Waals surface area contributed by atoms with Crippen LogP contribution in [0.15, 0.2) is 18.2 Å². The first-order valence-corrected chi connectivity index (χ1v) is 10.6. The van der Waals surface area contributed by atoms with E-state index in [0.717, 1.165) is 11.3 Å². The molecule has 1 aromatic rings. The molecule has 1 rings (SSSR count). The second-order valence-corrected chi connectivity index (χ2v) is 11.6. The van der Waals surface area contributed by atoms with Crippen molar-refractivity contribution in [1.29, 1.82) is 0 Å². The summed E-state index contributed by atoms with van der Waals surface area (Å²) < 4.78 is 11.0. The molecule has 3 nitrogen and oxygen atoms in total. The van der Waals surface area contributed by atoms with Crippen molar-refractivity contribution < 1.29 is 14.0 Å². The van der Waals surface area contributed by atoms with E-state index in [4.69, 9.17) is 9.16 Å². The molecule has 0 radical (unpaired) electrons. The zero-order valence-electron chi connectivity index (χ0n) is 13.0. The van der Waals surface area contributed by atoms with E-state index in [1.54, 1.807) is 6.07 Å². The molecule has 0 saturated heterocycles. The van der Waals surface area contributed by atoms with E-state index < -0.39 is 8.32 Å². The topological polar surface area (TPSA) is 35.5 Å². The Morgan fingerprint density at radius 3 is 2.35 bits per heavy atom. The van der Waals surface area contributed by atoms with Gasteiger partial charge in [0.1, 0.15) is 5.75 Å². The maximum atomic E-state index is 11.8. The standard InChI is InChI=1S/C15H23BrO3Si/c1-15(2,3)20(5,6)19-12-8-7-11(10-16)13(9-12)14(17)18-4/h7-9H,10H2,1-6H3. The minimum Gasteiger partial charge on any atom is -0.543 e. The molecule has 0 fully saturated rings. The molecule has 0 aliphatic heterocycles. The number of carbonyl (C=O) groups excluding carboxylic acids is 1. The van der Waals surface area contributed by atoms with Crippen LogP contribution in [0.25, 0.3) is 0 Å². The van der Waals surface area contributed by atoms with Gasteiger partial charge in [-0.05, 0) is 35.8 Å². The molecule has 112 valence electrons. The molecular weight excluding hydrogens is 336 g/mol. The molecule has 1 aromatic carbocycles. The van der Waals surface area contributed by atoms with Gasteiger partial charge in [0, 0.05) is 5.33 Å². The molecule has 0 aliphatic rings. The molecule has 5 heteroatoms. The van der Waals surface area contributed by atoms with Crippen molar-refractivity contribution >= 4 is 30.2 Å². The van der Waals surface area contributed by atoms with Crippen molar-refractivity contribution in [3.05, 3.63) is 29.3 Å². The summed E-state index contributed by atoms with van der Waals surface area (Å²) in [5.74, 6) is 0.404. The SMILES string of the molecule is COC(=O)c1cc(O[Si](C)(C)C(C)(C)C)ccc1CBr. The highest BCUT2D eigenvalue weighted by Crippen LogP contribution is 2.37. The van der Waals surface area contributed by atoms with Crippen LogP contribution in [0.3, 0.4) is 0 Å². The maximum absolute atomic E-state index is 11.8. The largest absolute Gasteiger partial charge is 0.543 e. The van der Waals surface area contributed by atoms with Crippen molar-refractivity contribution in [2.45, 2.75) is 44.2 Å². The number of benzene rings is 1. The number of halogens is 1.